The van der Waals surface area contributed by atoms with Crippen LogP contribution >= 0.6 is 11.8 Å². The fraction of sp³-hybridized carbons (Fsp3) is 0.150. The number of halogens is 1. The Morgan fingerprint density at radius 2 is 2.07 bits per heavy atom. The molecule has 1 heterocycles. The molecule has 2 aromatic carbocycles. The molecule has 0 aliphatic carbocycles. The van der Waals surface area contributed by atoms with Gasteiger partial charge in [0.15, 0.2) is 16.7 Å². The monoisotopic (exact) mass is 400 g/mol. The van der Waals surface area contributed by atoms with Crippen molar-refractivity contribution >= 4 is 34.8 Å². The summed E-state index contributed by atoms with van der Waals surface area (Å²) >= 11 is 1.09. The predicted molar refractivity (Wildman–Crippen MR) is 106 cm³/mol. The highest BCUT2D eigenvalue weighted by atomic mass is 32.2. The molecule has 2 amide bonds. The number of nitrogens with zero attached hydrogens (tertiary/aromatic N) is 1. The van der Waals surface area contributed by atoms with Crippen LogP contribution < -0.4 is 14.8 Å². The Morgan fingerprint density at radius 3 is 2.79 bits per heavy atom. The van der Waals surface area contributed by atoms with E-state index in [1.807, 2.05) is 0 Å². The van der Waals surface area contributed by atoms with Crippen LogP contribution in [0.25, 0.3) is 6.08 Å². The molecule has 0 atom stereocenters. The van der Waals surface area contributed by atoms with Gasteiger partial charge in [0.05, 0.1) is 12.0 Å². The summed E-state index contributed by atoms with van der Waals surface area (Å²) in [6, 6.07) is 11.4. The van der Waals surface area contributed by atoms with Gasteiger partial charge in [0.2, 0.25) is 5.91 Å². The van der Waals surface area contributed by atoms with Crippen LogP contribution in [0.1, 0.15) is 18.1 Å². The fourth-order valence-corrected chi connectivity index (χ4v) is 3.31. The summed E-state index contributed by atoms with van der Waals surface area (Å²) in [5.41, 5.74) is 1.41. The molecule has 0 fully saturated rings. The van der Waals surface area contributed by atoms with Gasteiger partial charge in [-0.05, 0) is 53.2 Å². The van der Waals surface area contributed by atoms with Crippen LogP contribution in [-0.2, 0) is 16.2 Å². The van der Waals surface area contributed by atoms with Gasteiger partial charge < -0.3 is 14.8 Å². The summed E-state index contributed by atoms with van der Waals surface area (Å²) in [6.07, 6.45) is 1.66. The van der Waals surface area contributed by atoms with Gasteiger partial charge in [0, 0.05) is 6.92 Å². The SMILES string of the molecule is COc1cc(/C=C2\SC(NC(C)=O)=NC2=O)ccc1OCc1cccc(F)c1. The summed E-state index contributed by atoms with van der Waals surface area (Å²) in [6.45, 7) is 1.54. The number of benzene rings is 2. The van der Waals surface area contributed by atoms with E-state index < -0.39 is 5.91 Å². The molecule has 0 spiro atoms. The van der Waals surface area contributed by atoms with E-state index in [2.05, 4.69) is 10.3 Å². The molecule has 3 rings (SSSR count). The maximum Gasteiger partial charge on any atom is 0.286 e. The third-order valence-electron chi connectivity index (χ3n) is 3.67. The molecule has 2 aromatic rings. The number of amides is 2. The van der Waals surface area contributed by atoms with E-state index in [9.17, 15) is 14.0 Å². The van der Waals surface area contributed by atoms with Crippen molar-refractivity contribution in [2.75, 3.05) is 7.11 Å². The summed E-state index contributed by atoms with van der Waals surface area (Å²) in [5, 5.41) is 2.75. The molecule has 0 unspecified atom stereocenters. The van der Waals surface area contributed by atoms with Crippen molar-refractivity contribution in [1.82, 2.24) is 5.32 Å². The van der Waals surface area contributed by atoms with E-state index in [0.29, 0.717) is 27.5 Å². The Morgan fingerprint density at radius 1 is 1.25 bits per heavy atom. The summed E-state index contributed by atoms with van der Waals surface area (Å²) < 4.78 is 24.3. The second-order valence-corrected chi connectivity index (χ2v) is 6.87. The predicted octanol–water partition coefficient (Wildman–Crippen LogP) is 3.52. The Hall–Kier alpha value is -3.13. The minimum absolute atomic E-state index is 0.191. The minimum atomic E-state index is -0.417. The second kappa shape index (κ2) is 8.71. The normalized spacial score (nSPS) is 14.8. The molecule has 28 heavy (non-hydrogen) atoms. The number of carbonyl (C=O) groups excluding carboxylic acids is 2. The van der Waals surface area contributed by atoms with E-state index in [1.54, 1.807) is 36.4 Å². The lowest BCUT2D eigenvalue weighted by Crippen LogP contribution is -2.23. The van der Waals surface area contributed by atoms with Crippen LogP contribution in [-0.4, -0.2) is 24.1 Å². The van der Waals surface area contributed by atoms with E-state index in [-0.39, 0.29) is 23.5 Å². The van der Waals surface area contributed by atoms with Crippen LogP contribution in [0.15, 0.2) is 52.4 Å². The number of amidine groups is 1. The Labute approximate surface area is 165 Å². The number of hydrogen-bond acceptors (Lipinski definition) is 5. The second-order valence-electron chi connectivity index (χ2n) is 5.84. The van der Waals surface area contributed by atoms with Crippen molar-refractivity contribution in [3.63, 3.8) is 0 Å². The van der Waals surface area contributed by atoms with Gasteiger partial charge in [0.1, 0.15) is 12.4 Å². The van der Waals surface area contributed by atoms with Crippen LogP contribution in [0, 0.1) is 5.82 Å². The largest absolute Gasteiger partial charge is 0.493 e. The Balaban J connectivity index is 1.73. The molecule has 0 radical (unpaired) electrons. The first-order valence-corrected chi connectivity index (χ1v) is 9.11. The minimum Gasteiger partial charge on any atom is -0.493 e. The fourth-order valence-electron chi connectivity index (χ4n) is 2.45. The van der Waals surface area contributed by atoms with Crippen molar-refractivity contribution in [3.8, 4) is 11.5 Å². The average molecular weight is 400 g/mol. The summed E-state index contributed by atoms with van der Waals surface area (Å²) in [7, 11) is 1.51. The maximum atomic E-state index is 13.3. The first-order chi connectivity index (χ1) is 13.4. The lowest BCUT2D eigenvalue weighted by atomic mass is 10.2. The number of carbonyl (C=O) groups is 2. The first-order valence-electron chi connectivity index (χ1n) is 8.30. The zero-order chi connectivity index (χ0) is 20.1. The molecule has 1 aliphatic heterocycles. The molecule has 144 valence electrons. The number of methoxy groups -OCH3 is 1. The van der Waals surface area contributed by atoms with Gasteiger partial charge >= 0.3 is 0 Å². The van der Waals surface area contributed by atoms with Crippen LogP contribution in [0.4, 0.5) is 4.39 Å². The van der Waals surface area contributed by atoms with Gasteiger partial charge in [-0.25, -0.2) is 4.39 Å². The van der Waals surface area contributed by atoms with Crippen molar-refractivity contribution in [3.05, 3.63) is 64.3 Å². The van der Waals surface area contributed by atoms with Crippen LogP contribution in [0.5, 0.6) is 11.5 Å². The molecule has 0 saturated heterocycles. The smallest absolute Gasteiger partial charge is 0.286 e. The van der Waals surface area contributed by atoms with Gasteiger partial charge in [-0.3, -0.25) is 9.59 Å². The van der Waals surface area contributed by atoms with Gasteiger partial charge in [0.25, 0.3) is 5.91 Å². The number of nitrogens with one attached hydrogen (secondary N) is 1. The molecule has 1 aliphatic rings. The molecule has 0 aromatic heterocycles. The summed E-state index contributed by atoms with van der Waals surface area (Å²) in [5.74, 6) is -0.0609. The zero-order valence-electron chi connectivity index (χ0n) is 15.2. The van der Waals surface area contributed by atoms with Gasteiger partial charge in [-0.2, -0.15) is 4.99 Å². The van der Waals surface area contributed by atoms with E-state index in [0.717, 1.165) is 11.8 Å². The number of ether oxygens (including phenoxy) is 2. The third kappa shape index (κ3) is 4.98. The molecular formula is C20H17FN2O4S. The molecular weight excluding hydrogens is 383 g/mol. The van der Waals surface area contributed by atoms with Crippen LogP contribution in [0.2, 0.25) is 0 Å². The lowest BCUT2D eigenvalue weighted by molar-refractivity contribution is -0.117. The van der Waals surface area contributed by atoms with Crippen molar-refractivity contribution in [1.29, 1.82) is 0 Å². The standard InChI is InChI=1S/C20H17FN2O4S/c1-12(24)22-20-23-19(25)18(28-20)10-13-6-7-16(17(9-13)26-2)27-11-14-4-3-5-15(21)8-14/h3-10H,11H2,1-2H3,(H,22,23,24,25)/b18-10-. The number of aliphatic imine (C=N–C) groups is 1. The van der Waals surface area contributed by atoms with Crippen molar-refractivity contribution < 1.29 is 23.5 Å². The highest BCUT2D eigenvalue weighted by Gasteiger charge is 2.22. The van der Waals surface area contributed by atoms with Crippen molar-refractivity contribution in [2.24, 2.45) is 4.99 Å². The van der Waals surface area contributed by atoms with Gasteiger partial charge in [-0.1, -0.05) is 18.2 Å². The zero-order valence-corrected chi connectivity index (χ0v) is 16.0. The molecule has 0 saturated carbocycles. The highest BCUT2D eigenvalue weighted by Crippen LogP contribution is 2.32. The molecule has 1 N–H and O–H groups in total. The number of thioether (sulfide) groups is 1. The van der Waals surface area contributed by atoms with E-state index >= 15 is 0 Å². The number of hydrogen-bond donors (Lipinski definition) is 1. The van der Waals surface area contributed by atoms with E-state index in [1.165, 1.54) is 26.2 Å². The average Bonchev–Trinajstić information content (AvgIpc) is 2.98. The summed E-state index contributed by atoms with van der Waals surface area (Å²) in [4.78, 5) is 27.2. The molecule has 6 nitrogen and oxygen atoms in total. The molecule has 8 heteroatoms. The third-order valence-corrected chi connectivity index (χ3v) is 4.57. The Kier molecular flexibility index (Phi) is 6.10. The lowest BCUT2D eigenvalue weighted by Gasteiger charge is -2.11. The molecule has 0 bridgehead atoms. The number of rotatable bonds is 5. The highest BCUT2D eigenvalue weighted by molar-refractivity contribution is 8.18. The maximum absolute atomic E-state index is 13.3. The van der Waals surface area contributed by atoms with E-state index in [4.69, 9.17) is 9.47 Å². The Bertz CT molecular complexity index is 988. The quantitative estimate of drug-likeness (QED) is 0.777. The first kappa shape index (κ1) is 19.6. The van der Waals surface area contributed by atoms with Gasteiger partial charge in [-0.15, -0.1) is 0 Å². The van der Waals surface area contributed by atoms with Crippen LogP contribution in [0.3, 0.4) is 0 Å². The topological polar surface area (TPSA) is 77.0 Å². The van der Waals surface area contributed by atoms with Crippen molar-refractivity contribution in [2.45, 2.75) is 13.5 Å².